The van der Waals surface area contributed by atoms with E-state index in [1.807, 2.05) is 0 Å². The Morgan fingerprint density at radius 1 is 0.649 bits per heavy atom. The molecule has 3 aliphatic rings. The normalized spacial score (nSPS) is 24.1. The molecule has 0 aliphatic carbocycles. The van der Waals surface area contributed by atoms with Crippen molar-refractivity contribution in [2.24, 2.45) is 0 Å². The topological polar surface area (TPSA) is 202 Å². The van der Waals surface area contributed by atoms with Crippen molar-refractivity contribution in [1.82, 2.24) is 30.7 Å². The van der Waals surface area contributed by atoms with Crippen molar-refractivity contribution >= 4 is 41.1 Å². The smallest absolute Gasteiger partial charge is 0.246 e. The maximum absolute atomic E-state index is 14.7. The fourth-order valence-electron chi connectivity index (χ4n) is 7.00. The third-order valence-corrected chi connectivity index (χ3v) is 10.5. The molecular formula is C41H51N7O9. The quantitative estimate of drug-likeness (QED) is 0.281. The van der Waals surface area contributed by atoms with Gasteiger partial charge in [-0.25, -0.2) is 0 Å². The van der Waals surface area contributed by atoms with Crippen molar-refractivity contribution in [1.29, 1.82) is 0 Å². The van der Waals surface area contributed by atoms with Crippen molar-refractivity contribution in [2.45, 2.75) is 76.3 Å². The molecule has 3 aliphatic heterocycles. The number of methoxy groups -OCH3 is 2. The number of amides is 6. The third kappa shape index (κ3) is 9.39. The number of nitrogens with one attached hydrogen (secondary N) is 3. The van der Waals surface area contributed by atoms with Crippen LogP contribution in [0.1, 0.15) is 37.5 Å². The molecule has 0 saturated carbocycles. The molecule has 1 saturated heterocycles. The van der Waals surface area contributed by atoms with Gasteiger partial charge in [-0.05, 0) is 73.9 Å². The number of benzene rings is 3. The van der Waals surface area contributed by atoms with Crippen LogP contribution in [0.25, 0.3) is 0 Å². The van der Waals surface area contributed by atoms with Crippen LogP contribution in [-0.2, 0) is 48.0 Å². The molecule has 6 amide bonds. The summed E-state index contributed by atoms with van der Waals surface area (Å²) in [4.78, 5) is 88.3. The number of nitrogen functional groups attached to an aromatic ring is 1. The SMILES string of the molecule is COc1ccc(C[C@H]2C(=O)N[C@@H](C)C(=O)N(C)[C@H]3Cc4ccc(cc4)Oc4cc(cc(N)c4OC)C[C@@H](C(=O)N[C@H](C)C(=O)N[C@@H](C)C(=O)N2C)N(C)C3=O)cc1. The fraction of sp³-hybridized carbons (Fsp3) is 0.415. The molecule has 6 bridgehead atoms. The molecule has 3 aromatic carbocycles. The second-order valence-electron chi connectivity index (χ2n) is 14.5. The molecule has 6 rings (SSSR count). The van der Waals surface area contributed by atoms with E-state index in [9.17, 15) is 28.8 Å². The first-order chi connectivity index (χ1) is 27.0. The summed E-state index contributed by atoms with van der Waals surface area (Å²) in [6.07, 6.45) is 0.0310. The maximum atomic E-state index is 14.7. The number of carbonyl (C=O) groups excluding carboxylic acids is 6. The summed E-state index contributed by atoms with van der Waals surface area (Å²) in [5.41, 5.74) is 8.50. The third-order valence-electron chi connectivity index (χ3n) is 10.5. The van der Waals surface area contributed by atoms with Gasteiger partial charge in [-0.1, -0.05) is 24.3 Å². The first-order valence-corrected chi connectivity index (χ1v) is 18.6. The summed E-state index contributed by atoms with van der Waals surface area (Å²) in [6, 6.07) is 10.3. The molecule has 3 aromatic rings. The van der Waals surface area contributed by atoms with Crippen molar-refractivity contribution < 1.29 is 43.0 Å². The number of hydrogen-bond donors (Lipinski definition) is 4. The average Bonchev–Trinajstić information content (AvgIpc) is 3.19. The number of nitrogens with two attached hydrogens (primary N) is 1. The summed E-state index contributed by atoms with van der Waals surface area (Å²) < 4.78 is 17.0. The second kappa shape index (κ2) is 17.6. The van der Waals surface area contributed by atoms with Crippen molar-refractivity contribution in [3.63, 3.8) is 0 Å². The molecule has 16 nitrogen and oxygen atoms in total. The second-order valence-corrected chi connectivity index (χ2v) is 14.5. The van der Waals surface area contributed by atoms with Gasteiger partial charge >= 0.3 is 0 Å². The van der Waals surface area contributed by atoms with Crippen LogP contribution in [-0.4, -0.2) is 122 Å². The summed E-state index contributed by atoms with van der Waals surface area (Å²) in [6.45, 7) is 4.42. The van der Waals surface area contributed by atoms with E-state index in [4.69, 9.17) is 19.9 Å². The zero-order valence-corrected chi connectivity index (χ0v) is 33.5. The Hall–Kier alpha value is -6.32. The van der Waals surface area contributed by atoms with Gasteiger partial charge < -0.3 is 50.6 Å². The lowest BCUT2D eigenvalue weighted by Gasteiger charge is -2.36. The van der Waals surface area contributed by atoms with E-state index in [2.05, 4.69) is 16.0 Å². The Balaban J connectivity index is 1.59. The highest BCUT2D eigenvalue weighted by atomic mass is 16.5. The van der Waals surface area contributed by atoms with Crippen LogP contribution in [0.3, 0.4) is 0 Å². The average molecular weight is 786 g/mol. The summed E-state index contributed by atoms with van der Waals surface area (Å²) in [7, 11) is 7.34. The van der Waals surface area contributed by atoms with Gasteiger partial charge in [0.25, 0.3) is 0 Å². The van der Waals surface area contributed by atoms with Crippen LogP contribution in [0.5, 0.6) is 23.0 Å². The van der Waals surface area contributed by atoms with Crippen LogP contribution in [0.15, 0.2) is 60.7 Å². The molecule has 57 heavy (non-hydrogen) atoms. The number of ether oxygens (including phenoxy) is 3. The molecule has 5 N–H and O–H groups in total. The Morgan fingerprint density at radius 2 is 1.21 bits per heavy atom. The molecule has 3 heterocycles. The molecular weight excluding hydrogens is 734 g/mol. The van der Waals surface area contributed by atoms with Crippen molar-refractivity contribution in [3.8, 4) is 23.0 Å². The molecule has 304 valence electrons. The zero-order valence-electron chi connectivity index (χ0n) is 33.5. The number of likely N-dealkylation sites (N-methyl/N-ethyl adjacent to an activating group) is 3. The lowest BCUT2D eigenvalue weighted by atomic mass is 9.98. The number of hydrogen-bond acceptors (Lipinski definition) is 10. The van der Waals surface area contributed by atoms with Crippen molar-refractivity contribution in [2.75, 3.05) is 41.1 Å². The summed E-state index contributed by atoms with van der Waals surface area (Å²) in [5.74, 6) is -2.10. The number of carbonyl (C=O) groups is 6. The lowest BCUT2D eigenvalue weighted by Crippen LogP contribution is -2.61. The Morgan fingerprint density at radius 3 is 1.82 bits per heavy atom. The summed E-state index contributed by atoms with van der Waals surface area (Å²) in [5, 5.41) is 8.11. The summed E-state index contributed by atoms with van der Waals surface area (Å²) >= 11 is 0. The monoisotopic (exact) mass is 785 g/mol. The van der Waals surface area contributed by atoms with Gasteiger partial charge in [0.2, 0.25) is 35.4 Å². The molecule has 0 radical (unpaired) electrons. The Kier molecular flexibility index (Phi) is 13.0. The molecule has 1 fully saturated rings. The highest BCUT2D eigenvalue weighted by molar-refractivity contribution is 5.98. The number of rotatable bonds is 4. The first-order valence-electron chi connectivity index (χ1n) is 18.6. The number of anilines is 1. The van der Waals surface area contributed by atoms with E-state index in [1.54, 1.807) is 60.7 Å². The minimum atomic E-state index is -1.22. The predicted molar refractivity (Wildman–Crippen MR) is 211 cm³/mol. The van der Waals surface area contributed by atoms with E-state index < -0.39 is 71.7 Å². The number of nitrogens with zero attached hydrogens (tertiary/aromatic N) is 3. The van der Waals surface area contributed by atoms with Crippen LogP contribution >= 0.6 is 0 Å². The molecule has 0 unspecified atom stereocenters. The van der Waals surface area contributed by atoms with Gasteiger partial charge in [0.05, 0.1) is 19.9 Å². The van der Waals surface area contributed by atoms with Gasteiger partial charge in [0, 0.05) is 40.4 Å². The number of fused-ring (bicyclic) bond motifs is 2. The van der Waals surface area contributed by atoms with Gasteiger partial charge in [-0.2, -0.15) is 0 Å². The van der Waals surface area contributed by atoms with Gasteiger partial charge in [0.1, 0.15) is 47.8 Å². The van der Waals surface area contributed by atoms with E-state index in [0.29, 0.717) is 28.2 Å². The van der Waals surface area contributed by atoms with Crippen molar-refractivity contribution in [3.05, 3.63) is 77.4 Å². The first kappa shape index (κ1) is 41.8. The van der Waals surface area contributed by atoms with E-state index in [1.165, 1.54) is 70.8 Å². The lowest BCUT2D eigenvalue weighted by molar-refractivity contribution is -0.149. The minimum Gasteiger partial charge on any atom is -0.497 e. The standard InChI is InChI=1S/C41H51N7O9/c1-22-36(49)44-23(2)39(52)46(4)31(18-25-9-13-28(55-7)14-10-25)38(51)45-24(3)40(53)48(6)33-19-26-11-15-29(16-12-26)57-34-21-27(17-30(42)35(34)56-8)20-32(37(50)43-22)47(5)41(33)54/h9-17,21-24,31-33H,18-20,42H2,1-8H3,(H,43,50)(H,44,49)(H,45,51)/t22-,23+,24+,31+,32+,33+/m1/s1. The maximum Gasteiger partial charge on any atom is 0.246 e. The van der Waals surface area contributed by atoms with E-state index >= 15 is 0 Å². The fourth-order valence-corrected chi connectivity index (χ4v) is 7.00. The molecule has 0 aromatic heterocycles. The van der Waals surface area contributed by atoms with Crippen LogP contribution in [0.4, 0.5) is 5.69 Å². The Labute approximate surface area is 332 Å². The van der Waals surface area contributed by atoms with Crippen LogP contribution in [0.2, 0.25) is 0 Å². The highest BCUT2D eigenvalue weighted by Crippen LogP contribution is 2.38. The van der Waals surface area contributed by atoms with Crippen LogP contribution in [0, 0.1) is 0 Å². The van der Waals surface area contributed by atoms with E-state index in [0.717, 1.165) is 0 Å². The molecule has 16 heteroatoms. The molecule has 0 spiro atoms. The van der Waals surface area contributed by atoms with Gasteiger partial charge in [0.15, 0.2) is 11.5 Å². The predicted octanol–water partition coefficient (Wildman–Crippen LogP) is 1.43. The zero-order chi connectivity index (χ0) is 41.7. The largest absolute Gasteiger partial charge is 0.497 e. The van der Waals surface area contributed by atoms with E-state index in [-0.39, 0.29) is 36.4 Å². The van der Waals surface area contributed by atoms with Gasteiger partial charge in [-0.15, -0.1) is 0 Å². The highest BCUT2D eigenvalue weighted by Gasteiger charge is 2.39. The molecule has 6 atom stereocenters. The Bertz CT molecular complexity index is 2010. The van der Waals surface area contributed by atoms with Gasteiger partial charge in [-0.3, -0.25) is 28.8 Å². The van der Waals surface area contributed by atoms with Crippen LogP contribution < -0.4 is 35.9 Å². The minimum absolute atomic E-state index is 0.0380.